The van der Waals surface area contributed by atoms with E-state index in [2.05, 4.69) is 70.0 Å². The maximum Gasteiger partial charge on any atom is 0.224 e. The van der Waals surface area contributed by atoms with E-state index < -0.39 is 0 Å². The van der Waals surface area contributed by atoms with Crippen molar-refractivity contribution in [2.75, 3.05) is 4.90 Å². The Balaban J connectivity index is 1.84. The van der Waals surface area contributed by atoms with E-state index in [0.717, 1.165) is 29.7 Å². The largest absolute Gasteiger partial charge is 0.302 e. The lowest BCUT2D eigenvalue weighted by atomic mass is 9.82. The lowest BCUT2D eigenvalue weighted by Gasteiger charge is -2.52. The van der Waals surface area contributed by atoms with Crippen molar-refractivity contribution >= 4 is 11.6 Å². The van der Waals surface area contributed by atoms with Crippen LogP contribution in [0.5, 0.6) is 0 Å². The number of aryl methyl sites for hydroxylation is 1. The van der Waals surface area contributed by atoms with Crippen LogP contribution in [0.4, 0.5) is 5.69 Å². The third-order valence-corrected chi connectivity index (χ3v) is 6.69. The Hall–Kier alpha value is -2.17. The van der Waals surface area contributed by atoms with Crippen molar-refractivity contribution in [2.45, 2.75) is 84.0 Å². The van der Waals surface area contributed by atoms with Gasteiger partial charge in [-0.05, 0) is 65.5 Å². The zero-order chi connectivity index (χ0) is 21.7. The molecule has 0 N–H and O–H groups in total. The lowest BCUT2D eigenvalue weighted by molar-refractivity contribution is -0.309. The molecule has 0 radical (unpaired) electrons. The van der Waals surface area contributed by atoms with E-state index in [1.165, 1.54) is 12.0 Å². The monoisotopic (exact) mass is 406 g/mol. The number of rotatable bonds is 3. The van der Waals surface area contributed by atoms with Gasteiger partial charge in [0.25, 0.3) is 0 Å². The number of nitrogens with zero attached hydrogens (tertiary/aromatic N) is 2. The number of hydrogen-bond acceptors (Lipinski definition) is 3. The molecule has 2 aliphatic heterocycles. The number of anilines is 1. The quantitative estimate of drug-likeness (QED) is 0.616. The first-order chi connectivity index (χ1) is 14.1. The Kier molecular flexibility index (Phi) is 5.27. The summed E-state index contributed by atoms with van der Waals surface area (Å²) in [5.41, 5.74) is 4.18. The fourth-order valence-corrected chi connectivity index (χ4v) is 5.41. The molecular weight excluding hydrogens is 372 g/mol. The van der Waals surface area contributed by atoms with E-state index >= 15 is 0 Å². The Morgan fingerprint density at radius 1 is 1.00 bits per heavy atom. The minimum absolute atomic E-state index is 0.0391. The van der Waals surface area contributed by atoms with Gasteiger partial charge < -0.3 is 4.90 Å². The minimum atomic E-state index is -0.247. The van der Waals surface area contributed by atoms with Gasteiger partial charge in [0.2, 0.25) is 5.91 Å². The molecule has 4 nitrogen and oxygen atoms in total. The summed E-state index contributed by atoms with van der Waals surface area (Å²) in [5, 5.41) is 2.22. The van der Waals surface area contributed by atoms with E-state index in [0.29, 0.717) is 0 Å². The van der Waals surface area contributed by atoms with Crippen LogP contribution in [0.15, 0.2) is 48.5 Å². The molecule has 1 fully saturated rings. The molecule has 0 aliphatic carbocycles. The minimum Gasteiger partial charge on any atom is -0.302 e. The number of amides is 1. The van der Waals surface area contributed by atoms with Gasteiger partial charge in [0.05, 0.1) is 11.7 Å². The van der Waals surface area contributed by atoms with E-state index in [1.54, 1.807) is 6.92 Å². The zero-order valence-electron chi connectivity index (χ0n) is 19.1. The SMILES string of the molecule is CC(=O)N1c2ccc(C)cc2[C@H](ON2C(C)(C)CCCC2(C)C)[C@H]1c1ccccc1. The average molecular weight is 407 g/mol. The summed E-state index contributed by atoms with van der Waals surface area (Å²) >= 11 is 0. The fourth-order valence-electron chi connectivity index (χ4n) is 5.41. The second-order valence-corrected chi connectivity index (χ2v) is 10.1. The first-order valence-electron chi connectivity index (χ1n) is 11.0. The highest BCUT2D eigenvalue weighted by atomic mass is 16.7. The van der Waals surface area contributed by atoms with Crippen LogP contribution in [0.25, 0.3) is 0 Å². The molecule has 0 bridgehead atoms. The molecule has 0 spiro atoms. The van der Waals surface area contributed by atoms with Crippen LogP contribution < -0.4 is 4.90 Å². The van der Waals surface area contributed by atoms with Crippen LogP contribution in [-0.2, 0) is 9.63 Å². The Morgan fingerprint density at radius 2 is 1.63 bits per heavy atom. The third-order valence-electron chi connectivity index (χ3n) is 6.69. The van der Waals surface area contributed by atoms with Crippen molar-refractivity contribution in [3.05, 3.63) is 65.2 Å². The van der Waals surface area contributed by atoms with Crippen molar-refractivity contribution in [3.8, 4) is 0 Å². The van der Waals surface area contributed by atoms with Crippen LogP contribution >= 0.6 is 0 Å². The fraction of sp³-hybridized carbons (Fsp3) is 0.500. The number of benzene rings is 2. The van der Waals surface area contributed by atoms with E-state index in [9.17, 15) is 4.79 Å². The van der Waals surface area contributed by atoms with Crippen molar-refractivity contribution in [3.63, 3.8) is 0 Å². The summed E-state index contributed by atoms with van der Waals surface area (Å²) in [6.07, 6.45) is 3.14. The number of fused-ring (bicyclic) bond motifs is 1. The van der Waals surface area contributed by atoms with Gasteiger partial charge in [-0.1, -0.05) is 48.0 Å². The highest BCUT2D eigenvalue weighted by molar-refractivity contribution is 5.95. The number of carbonyl (C=O) groups excluding carboxylic acids is 1. The van der Waals surface area contributed by atoms with Crippen LogP contribution in [-0.4, -0.2) is 22.0 Å². The van der Waals surface area contributed by atoms with Crippen molar-refractivity contribution < 1.29 is 9.63 Å². The molecule has 2 aliphatic rings. The molecule has 2 aromatic carbocycles. The average Bonchev–Trinajstić information content (AvgIpc) is 2.98. The van der Waals surface area contributed by atoms with Gasteiger partial charge in [-0.25, -0.2) is 0 Å². The first kappa shape index (κ1) is 21.1. The highest BCUT2D eigenvalue weighted by Crippen LogP contribution is 2.52. The van der Waals surface area contributed by atoms with E-state index in [-0.39, 0.29) is 29.1 Å². The molecule has 4 rings (SSSR count). The molecule has 4 heteroatoms. The Labute approximate surface area is 180 Å². The van der Waals surface area contributed by atoms with Crippen molar-refractivity contribution in [1.29, 1.82) is 0 Å². The van der Waals surface area contributed by atoms with Gasteiger partial charge >= 0.3 is 0 Å². The van der Waals surface area contributed by atoms with Crippen molar-refractivity contribution in [2.24, 2.45) is 0 Å². The predicted molar refractivity (Wildman–Crippen MR) is 121 cm³/mol. The number of hydrogen-bond donors (Lipinski definition) is 0. The zero-order valence-corrected chi connectivity index (χ0v) is 19.1. The van der Waals surface area contributed by atoms with Crippen LogP contribution in [0.1, 0.15) is 82.7 Å². The molecule has 0 saturated carbocycles. The molecule has 2 heterocycles. The van der Waals surface area contributed by atoms with Crippen molar-refractivity contribution in [1.82, 2.24) is 5.06 Å². The Bertz CT molecular complexity index is 919. The van der Waals surface area contributed by atoms with E-state index in [4.69, 9.17) is 4.84 Å². The molecule has 30 heavy (non-hydrogen) atoms. The van der Waals surface area contributed by atoms with Gasteiger partial charge in [-0.2, -0.15) is 5.06 Å². The van der Waals surface area contributed by atoms with Crippen LogP contribution in [0, 0.1) is 6.92 Å². The number of hydroxylamine groups is 2. The molecule has 2 atom stereocenters. The second kappa shape index (κ2) is 7.51. The molecule has 0 aromatic heterocycles. The predicted octanol–water partition coefficient (Wildman–Crippen LogP) is 6.12. The van der Waals surface area contributed by atoms with E-state index in [1.807, 2.05) is 23.1 Å². The summed E-state index contributed by atoms with van der Waals surface area (Å²) in [7, 11) is 0. The third kappa shape index (κ3) is 3.57. The molecule has 1 saturated heterocycles. The maximum atomic E-state index is 12.8. The number of carbonyl (C=O) groups is 1. The normalized spacial score (nSPS) is 25.2. The van der Waals surface area contributed by atoms with Crippen LogP contribution in [0.3, 0.4) is 0 Å². The molecule has 2 aromatic rings. The lowest BCUT2D eigenvalue weighted by Crippen LogP contribution is -2.58. The Morgan fingerprint density at radius 3 is 2.23 bits per heavy atom. The molecule has 1 amide bonds. The van der Waals surface area contributed by atoms with Gasteiger partial charge in [0.1, 0.15) is 6.10 Å². The standard InChI is InChI=1S/C26H34N2O2/c1-18-13-14-22-21(17-18)24(30-28-25(3,4)15-10-16-26(28,5)6)23(27(22)19(2)29)20-11-8-7-9-12-20/h7-9,11-14,17,23-24H,10,15-16H2,1-6H3/t23-,24+/m1/s1. The summed E-state index contributed by atoms with van der Waals surface area (Å²) in [4.78, 5) is 21.7. The molecule has 0 unspecified atom stereocenters. The number of piperidine rings is 1. The van der Waals surface area contributed by atoms with Gasteiger partial charge in [0.15, 0.2) is 0 Å². The topological polar surface area (TPSA) is 32.8 Å². The summed E-state index contributed by atoms with van der Waals surface area (Å²) < 4.78 is 0. The second-order valence-electron chi connectivity index (χ2n) is 10.1. The molecule has 160 valence electrons. The summed E-state index contributed by atoms with van der Waals surface area (Å²) in [6, 6.07) is 16.4. The maximum absolute atomic E-state index is 12.8. The van der Waals surface area contributed by atoms with Gasteiger partial charge in [0, 0.05) is 23.6 Å². The smallest absolute Gasteiger partial charge is 0.224 e. The molecular formula is C26H34N2O2. The first-order valence-corrected chi connectivity index (χ1v) is 11.0. The highest BCUT2D eigenvalue weighted by Gasteiger charge is 2.49. The van der Waals surface area contributed by atoms with Gasteiger partial charge in [-0.3, -0.25) is 9.63 Å². The summed E-state index contributed by atoms with van der Waals surface area (Å²) in [5.74, 6) is 0.0391. The van der Waals surface area contributed by atoms with Gasteiger partial charge in [-0.15, -0.1) is 0 Å². The van der Waals surface area contributed by atoms with Crippen LogP contribution in [0.2, 0.25) is 0 Å². The summed E-state index contributed by atoms with van der Waals surface area (Å²) in [6.45, 7) is 12.8.